The highest BCUT2D eigenvalue weighted by atomic mass is 16.7. The second kappa shape index (κ2) is 10.7. The number of benzene rings is 2. The third kappa shape index (κ3) is 8.13. The van der Waals surface area contributed by atoms with Crippen LogP contribution in [0.1, 0.15) is 18.1 Å². The van der Waals surface area contributed by atoms with Crippen LogP contribution in [0.25, 0.3) is 0 Å². The molecule has 0 bridgehead atoms. The van der Waals surface area contributed by atoms with Crippen molar-refractivity contribution >= 4 is 11.8 Å². The number of aliphatic imine (C=N–C) groups is 2. The molecule has 0 unspecified atom stereocenters. The summed E-state index contributed by atoms with van der Waals surface area (Å²) in [4.78, 5) is 8.15. The van der Waals surface area contributed by atoms with Crippen molar-refractivity contribution in [1.29, 1.82) is 0 Å². The predicted octanol–water partition coefficient (Wildman–Crippen LogP) is 1.84. The molecule has 0 radical (unpaired) electrons. The van der Waals surface area contributed by atoms with Gasteiger partial charge in [0.25, 0.3) is 0 Å². The minimum Gasteiger partial charge on any atom is -0.458 e. The molecule has 0 amide bonds. The highest BCUT2D eigenvalue weighted by molar-refractivity contribution is 5.77. The summed E-state index contributed by atoms with van der Waals surface area (Å²) in [5.41, 5.74) is 18.5. The van der Waals surface area contributed by atoms with Gasteiger partial charge in [-0.1, -0.05) is 24.3 Å². The van der Waals surface area contributed by atoms with Crippen LogP contribution in [-0.2, 0) is 12.8 Å². The maximum atomic E-state index is 5.61. The largest absolute Gasteiger partial charge is 0.458 e. The van der Waals surface area contributed by atoms with E-state index in [0.717, 1.165) is 29.9 Å². The summed E-state index contributed by atoms with van der Waals surface area (Å²) in [6.45, 7) is 3.19. The van der Waals surface area contributed by atoms with E-state index in [0.29, 0.717) is 18.9 Å². The standard InChI is InChI=1S/C20H27N5O2/c1-15(21)24-12-10-16-2-6-18(7-3-16)26-14-27-19-8-4-17(5-9-19)11-13-25-20(22)23/h2-9H,10-14H2,1H3,(H2,21,24)(H4,22,23,25). The Balaban J connectivity index is 1.72. The summed E-state index contributed by atoms with van der Waals surface area (Å²) >= 11 is 0. The molecule has 0 spiro atoms. The van der Waals surface area contributed by atoms with Gasteiger partial charge in [0.15, 0.2) is 5.96 Å². The van der Waals surface area contributed by atoms with Crippen LogP contribution in [-0.4, -0.2) is 31.7 Å². The number of amidine groups is 1. The number of guanidine groups is 1. The molecule has 2 aromatic rings. The predicted molar refractivity (Wildman–Crippen MR) is 109 cm³/mol. The zero-order valence-corrected chi connectivity index (χ0v) is 15.6. The molecule has 2 aromatic carbocycles. The second-order valence-corrected chi connectivity index (χ2v) is 6.02. The monoisotopic (exact) mass is 369 g/mol. The maximum Gasteiger partial charge on any atom is 0.230 e. The molecule has 7 nitrogen and oxygen atoms in total. The topological polar surface area (TPSA) is 121 Å². The maximum absolute atomic E-state index is 5.61. The van der Waals surface area contributed by atoms with Gasteiger partial charge in [0, 0.05) is 13.1 Å². The van der Waals surface area contributed by atoms with Crippen molar-refractivity contribution in [1.82, 2.24) is 0 Å². The van der Waals surface area contributed by atoms with E-state index in [1.807, 2.05) is 48.5 Å². The Hall–Kier alpha value is -3.22. The third-order valence-corrected chi connectivity index (χ3v) is 3.75. The Bertz CT molecular complexity index is 681. The lowest BCUT2D eigenvalue weighted by atomic mass is 10.1. The Morgan fingerprint density at radius 2 is 1.19 bits per heavy atom. The lowest BCUT2D eigenvalue weighted by molar-refractivity contribution is 0.120. The molecule has 0 aliphatic rings. The Labute approximate surface area is 159 Å². The van der Waals surface area contributed by atoms with Gasteiger partial charge < -0.3 is 26.7 Å². The fraction of sp³-hybridized carbons (Fsp3) is 0.300. The van der Waals surface area contributed by atoms with E-state index >= 15 is 0 Å². The highest BCUT2D eigenvalue weighted by Crippen LogP contribution is 2.15. The molecular weight excluding hydrogens is 342 g/mol. The first kappa shape index (κ1) is 20.1. The SMILES string of the molecule is CC(N)=NCCc1ccc(OCOc2ccc(CCN=C(N)N)cc2)cc1. The number of ether oxygens (including phenoxy) is 2. The summed E-state index contributed by atoms with van der Waals surface area (Å²) in [5.74, 6) is 2.21. The van der Waals surface area contributed by atoms with Crippen LogP contribution in [0.4, 0.5) is 0 Å². The first-order valence-corrected chi connectivity index (χ1v) is 8.78. The van der Waals surface area contributed by atoms with E-state index in [1.54, 1.807) is 6.92 Å². The Morgan fingerprint density at radius 3 is 1.59 bits per heavy atom. The number of nitrogens with two attached hydrogens (primary N) is 3. The van der Waals surface area contributed by atoms with Crippen molar-refractivity contribution in [3.8, 4) is 11.5 Å². The lowest BCUT2D eigenvalue weighted by Gasteiger charge is -2.09. The molecule has 0 fully saturated rings. The highest BCUT2D eigenvalue weighted by Gasteiger charge is 1.99. The van der Waals surface area contributed by atoms with Gasteiger partial charge in [0.1, 0.15) is 11.5 Å². The zero-order chi connectivity index (χ0) is 19.5. The fourth-order valence-electron chi connectivity index (χ4n) is 2.35. The quantitative estimate of drug-likeness (QED) is 0.335. The second-order valence-electron chi connectivity index (χ2n) is 6.02. The molecule has 0 saturated carbocycles. The third-order valence-electron chi connectivity index (χ3n) is 3.75. The van der Waals surface area contributed by atoms with Crippen LogP contribution in [0.15, 0.2) is 58.5 Å². The molecule has 7 heteroatoms. The summed E-state index contributed by atoms with van der Waals surface area (Å²) in [6, 6.07) is 15.6. The summed E-state index contributed by atoms with van der Waals surface area (Å²) < 4.78 is 11.2. The Kier molecular flexibility index (Phi) is 7.96. The smallest absolute Gasteiger partial charge is 0.230 e. The fourth-order valence-corrected chi connectivity index (χ4v) is 2.35. The van der Waals surface area contributed by atoms with Crippen LogP contribution < -0.4 is 26.7 Å². The number of rotatable bonds is 10. The van der Waals surface area contributed by atoms with Crippen LogP contribution in [0.2, 0.25) is 0 Å². The van der Waals surface area contributed by atoms with Gasteiger partial charge in [-0.3, -0.25) is 9.98 Å². The van der Waals surface area contributed by atoms with E-state index in [4.69, 9.17) is 26.7 Å². The van der Waals surface area contributed by atoms with E-state index in [2.05, 4.69) is 9.98 Å². The molecule has 0 atom stereocenters. The summed E-state index contributed by atoms with van der Waals surface area (Å²) in [6.07, 6.45) is 1.62. The van der Waals surface area contributed by atoms with Gasteiger partial charge >= 0.3 is 0 Å². The molecule has 6 N–H and O–H groups in total. The summed E-state index contributed by atoms with van der Waals surface area (Å²) in [7, 11) is 0. The number of nitrogens with zero attached hydrogens (tertiary/aromatic N) is 2. The zero-order valence-electron chi connectivity index (χ0n) is 15.6. The van der Waals surface area contributed by atoms with Gasteiger partial charge in [0.05, 0.1) is 5.84 Å². The Morgan fingerprint density at radius 1 is 0.741 bits per heavy atom. The van der Waals surface area contributed by atoms with E-state index < -0.39 is 0 Å². The van der Waals surface area contributed by atoms with Gasteiger partial charge in [-0.2, -0.15) is 0 Å². The van der Waals surface area contributed by atoms with Gasteiger partial charge in [-0.15, -0.1) is 0 Å². The van der Waals surface area contributed by atoms with Gasteiger partial charge in [-0.25, -0.2) is 0 Å². The molecule has 0 aromatic heterocycles. The van der Waals surface area contributed by atoms with Crippen molar-refractivity contribution in [2.45, 2.75) is 19.8 Å². The van der Waals surface area contributed by atoms with E-state index in [-0.39, 0.29) is 12.8 Å². The normalized spacial score (nSPS) is 11.1. The first-order valence-electron chi connectivity index (χ1n) is 8.78. The van der Waals surface area contributed by atoms with Crippen molar-refractivity contribution in [3.63, 3.8) is 0 Å². The molecule has 0 heterocycles. The van der Waals surface area contributed by atoms with Crippen LogP contribution in [0.3, 0.4) is 0 Å². The first-order chi connectivity index (χ1) is 13.0. The van der Waals surface area contributed by atoms with Gasteiger partial charge in [-0.05, 0) is 55.2 Å². The molecule has 144 valence electrons. The lowest BCUT2D eigenvalue weighted by Crippen LogP contribution is -2.23. The van der Waals surface area contributed by atoms with Crippen LogP contribution >= 0.6 is 0 Å². The van der Waals surface area contributed by atoms with E-state index in [9.17, 15) is 0 Å². The molecule has 0 aliphatic heterocycles. The molecular formula is C20H27N5O2. The minimum atomic E-state index is 0.110. The van der Waals surface area contributed by atoms with Crippen molar-refractivity contribution in [2.24, 2.45) is 27.2 Å². The number of hydrogen-bond donors (Lipinski definition) is 3. The summed E-state index contributed by atoms with van der Waals surface area (Å²) in [5, 5.41) is 0. The van der Waals surface area contributed by atoms with Crippen molar-refractivity contribution in [2.75, 3.05) is 19.9 Å². The van der Waals surface area contributed by atoms with Crippen molar-refractivity contribution < 1.29 is 9.47 Å². The number of hydrogen-bond acceptors (Lipinski definition) is 4. The molecule has 2 rings (SSSR count). The molecule has 27 heavy (non-hydrogen) atoms. The van der Waals surface area contributed by atoms with Crippen LogP contribution in [0.5, 0.6) is 11.5 Å². The van der Waals surface area contributed by atoms with Crippen LogP contribution in [0, 0.1) is 0 Å². The van der Waals surface area contributed by atoms with Crippen molar-refractivity contribution in [3.05, 3.63) is 59.7 Å². The average molecular weight is 369 g/mol. The van der Waals surface area contributed by atoms with E-state index in [1.165, 1.54) is 5.56 Å². The average Bonchev–Trinajstić information content (AvgIpc) is 2.64. The molecule has 0 saturated heterocycles. The minimum absolute atomic E-state index is 0.110. The molecule has 0 aliphatic carbocycles. The van der Waals surface area contributed by atoms with Gasteiger partial charge in [0.2, 0.25) is 6.79 Å².